The normalized spacial score (nSPS) is 14.8. The summed E-state index contributed by atoms with van der Waals surface area (Å²) in [6.07, 6.45) is -0.256. The lowest BCUT2D eigenvalue weighted by atomic mass is 9.95. The van der Waals surface area contributed by atoms with Gasteiger partial charge in [-0.2, -0.15) is 4.98 Å². The van der Waals surface area contributed by atoms with E-state index in [9.17, 15) is 4.79 Å². The van der Waals surface area contributed by atoms with E-state index in [1.54, 1.807) is 16.4 Å². The van der Waals surface area contributed by atoms with E-state index in [0.29, 0.717) is 47.1 Å². The molecule has 2 aromatic carbocycles. The van der Waals surface area contributed by atoms with E-state index in [1.165, 1.54) is 5.56 Å². The number of rotatable bonds is 10. The largest absolute Gasteiger partial charge is 0.490 e. The Morgan fingerprint density at radius 3 is 2.59 bits per heavy atom. The van der Waals surface area contributed by atoms with Gasteiger partial charge in [-0.25, -0.2) is 9.48 Å². The average molecular weight is 523 g/mol. The average Bonchev–Trinajstić information content (AvgIpc) is 3.25. The molecule has 1 aliphatic rings. The number of hydrogen-bond acceptors (Lipinski definition) is 8. The highest BCUT2D eigenvalue weighted by atomic mass is 32.2. The van der Waals surface area contributed by atoms with Crippen LogP contribution in [0.4, 0.5) is 5.95 Å². The first-order valence-electron chi connectivity index (χ1n) is 12.5. The Hall–Kier alpha value is -3.46. The molecule has 0 saturated carbocycles. The van der Waals surface area contributed by atoms with Crippen molar-refractivity contribution >= 4 is 23.7 Å². The van der Waals surface area contributed by atoms with Crippen LogP contribution in [0, 0.1) is 6.92 Å². The quantitative estimate of drug-likeness (QED) is 0.259. The number of aryl methyl sites for hydroxylation is 1. The van der Waals surface area contributed by atoms with Crippen molar-refractivity contribution in [1.29, 1.82) is 0 Å². The van der Waals surface area contributed by atoms with E-state index in [0.717, 1.165) is 16.9 Å². The van der Waals surface area contributed by atoms with E-state index in [1.807, 2.05) is 58.0 Å². The lowest BCUT2D eigenvalue weighted by Crippen LogP contribution is -2.30. The van der Waals surface area contributed by atoms with Gasteiger partial charge in [0.25, 0.3) is 0 Å². The minimum atomic E-state index is -0.536. The van der Waals surface area contributed by atoms with Gasteiger partial charge in [0.1, 0.15) is 12.6 Å². The van der Waals surface area contributed by atoms with Crippen LogP contribution >= 0.6 is 11.8 Å². The fraction of sp³-hybridized carbons (Fsp3) is 0.393. The third-order valence-electron chi connectivity index (χ3n) is 5.90. The highest BCUT2D eigenvalue weighted by molar-refractivity contribution is 7.99. The molecule has 37 heavy (non-hydrogen) atoms. The fourth-order valence-corrected chi connectivity index (χ4v) is 4.74. The molecule has 8 nitrogen and oxygen atoms in total. The van der Waals surface area contributed by atoms with Gasteiger partial charge < -0.3 is 19.5 Å². The number of nitrogens with one attached hydrogen (secondary N) is 1. The molecule has 1 N–H and O–H groups in total. The summed E-state index contributed by atoms with van der Waals surface area (Å²) in [6.45, 7) is 12.5. The maximum absolute atomic E-state index is 13.3. The summed E-state index contributed by atoms with van der Waals surface area (Å²) in [5.41, 5.74) is 4.26. The SMILES string of the molecule is CCOc1cc(C2C(C(=O)OC(C)C)=C(C)Nc3nc(SCC)nn32)ccc1OCc1ccccc1C. The highest BCUT2D eigenvalue weighted by Crippen LogP contribution is 2.40. The maximum atomic E-state index is 13.3. The van der Waals surface area contributed by atoms with Gasteiger partial charge in [-0.1, -0.05) is 49.0 Å². The van der Waals surface area contributed by atoms with Crippen LogP contribution in [0.25, 0.3) is 0 Å². The second kappa shape index (κ2) is 11.7. The number of aromatic nitrogens is 3. The molecule has 0 fully saturated rings. The summed E-state index contributed by atoms with van der Waals surface area (Å²) < 4.78 is 19.5. The van der Waals surface area contributed by atoms with Crippen LogP contribution in [-0.2, 0) is 16.1 Å². The Labute approximate surface area is 222 Å². The Balaban J connectivity index is 1.75. The molecule has 1 aliphatic heterocycles. The van der Waals surface area contributed by atoms with E-state index in [-0.39, 0.29) is 6.10 Å². The van der Waals surface area contributed by atoms with Crippen LogP contribution in [-0.4, -0.2) is 39.2 Å². The van der Waals surface area contributed by atoms with Gasteiger partial charge in [-0.3, -0.25) is 0 Å². The topological polar surface area (TPSA) is 87.5 Å². The number of thioether (sulfide) groups is 1. The Morgan fingerprint density at radius 1 is 1.11 bits per heavy atom. The zero-order valence-electron chi connectivity index (χ0n) is 22.2. The van der Waals surface area contributed by atoms with Crippen LogP contribution in [0.1, 0.15) is 57.4 Å². The molecule has 1 unspecified atom stereocenters. The van der Waals surface area contributed by atoms with Crippen molar-refractivity contribution in [2.45, 2.75) is 65.5 Å². The lowest BCUT2D eigenvalue weighted by molar-refractivity contribution is -0.143. The Bertz CT molecular complexity index is 1300. The minimum absolute atomic E-state index is 0.256. The fourth-order valence-electron chi connectivity index (χ4n) is 4.18. The molecule has 0 aliphatic carbocycles. The number of ether oxygens (including phenoxy) is 3. The zero-order valence-corrected chi connectivity index (χ0v) is 23.0. The Morgan fingerprint density at radius 2 is 1.89 bits per heavy atom. The van der Waals surface area contributed by atoms with Crippen LogP contribution < -0.4 is 14.8 Å². The zero-order chi connectivity index (χ0) is 26.5. The molecule has 2 heterocycles. The predicted molar refractivity (Wildman–Crippen MR) is 145 cm³/mol. The summed E-state index contributed by atoms with van der Waals surface area (Å²) in [5, 5.41) is 8.60. The van der Waals surface area contributed by atoms with Crippen molar-refractivity contribution in [2.75, 3.05) is 17.7 Å². The second-order valence-electron chi connectivity index (χ2n) is 8.97. The second-order valence-corrected chi connectivity index (χ2v) is 10.2. The first-order chi connectivity index (χ1) is 17.8. The first-order valence-corrected chi connectivity index (χ1v) is 13.5. The molecule has 3 aromatic rings. The number of carbonyl (C=O) groups excluding carboxylic acids is 1. The number of anilines is 1. The highest BCUT2D eigenvalue weighted by Gasteiger charge is 2.36. The van der Waals surface area contributed by atoms with Crippen molar-refractivity contribution in [3.05, 3.63) is 70.4 Å². The summed E-state index contributed by atoms with van der Waals surface area (Å²) in [4.78, 5) is 17.9. The van der Waals surface area contributed by atoms with Gasteiger partial charge in [0, 0.05) is 5.70 Å². The molecule has 0 radical (unpaired) electrons. The maximum Gasteiger partial charge on any atom is 0.338 e. The first kappa shape index (κ1) is 26.6. The Kier molecular flexibility index (Phi) is 8.43. The van der Waals surface area contributed by atoms with Crippen molar-refractivity contribution in [2.24, 2.45) is 0 Å². The third kappa shape index (κ3) is 5.93. The molecule has 4 rings (SSSR count). The number of fused-ring (bicyclic) bond motifs is 1. The molecule has 0 saturated heterocycles. The molecule has 1 atom stereocenters. The van der Waals surface area contributed by atoms with E-state index in [4.69, 9.17) is 19.3 Å². The van der Waals surface area contributed by atoms with Crippen LogP contribution in [0.3, 0.4) is 0 Å². The molecule has 1 aromatic heterocycles. The minimum Gasteiger partial charge on any atom is -0.490 e. The summed E-state index contributed by atoms with van der Waals surface area (Å²) in [7, 11) is 0. The number of hydrogen-bond donors (Lipinski definition) is 1. The van der Waals surface area contributed by atoms with Gasteiger partial charge in [-0.15, -0.1) is 5.10 Å². The van der Waals surface area contributed by atoms with E-state index in [2.05, 4.69) is 36.3 Å². The number of carbonyl (C=O) groups is 1. The van der Waals surface area contributed by atoms with Crippen molar-refractivity contribution in [1.82, 2.24) is 14.8 Å². The predicted octanol–water partition coefficient (Wildman–Crippen LogP) is 5.92. The van der Waals surface area contributed by atoms with Crippen molar-refractivity contribution in [3.8, 4) is 11.5 Å². The van der Waals surface area contributed by atoms with Gasteiger partial charge in [0.15, 0.2) is 11.5 Å². The number of benzene rings is 2. The molecule has 0 amide bonds. The standard InChI is InChI=1S/C28H34N4O4S/c1-7-34-23-15-20(13-14-22(23)35-16-21-12-10-9-11-18(21)5)25-24(26(33)36-17(3)4)19(6)29-27-30-28(37-8-2)31-32(25)27/h9-15,17,25H,7-8,16H2,1-6H3,(H,29,30,31). The van der Waals surface area contributed by atoms with Crippen molar-refractivity contribution < 1.29 is 19.0 Å². The number of esters is 1. The molecular weight excluding hydrogens is 488 g/mol. The molecule has 9 heteroatoms. The molecular formula is C28H34N4O4S. The van der Waals surface area contributed by atoms with Crippen LogP contribution in [0.5, 0.6) is 11.5 Å². The summed E-state index contributed by atoms with van der Waals surface area (Å²) >= 11 is 1.54. The van der Waals surface area contributed by atoms with E-state index < -0.39 is 12.0 Å². The number of allylic oxidation sites excluding steroid dienone is 1. The van der Waals surface area contributed by atoms with Gasteiger partial charge in [0.2, 0.25) is 11.1 Å². The monoisotopic (exact) mass is 522 g/mol. The van der Waals surface area contributed by atoms with Crippen LogP contribution in [0.2, 0.25) is 0 Å². The third-order valence-corrected chi connectivity index (χ3v) is 6.62. The summed E-state index contributed by atoms with van der Waals surface area (Å²) in [5.74, 6) is 2.26. The van der Waals surface area contributed by atoms with Crippen LogP contribution in [0.15, 0.2) is 58.9 Å². The summed E-state index contributed by atoms with van der Waals surface area (Å²) in [6, 6.07) is 13.3. The van der Waals surface area contributed by atoms with Gasteiger partial charge >= 0.3 is 5.97 Å². The van der Waals surface area contributed by atoms with Gasteiger partial charge in [0.05, 0.1) is 18.3 Å². The molecule has 196 valence electrons. The van der Waals surface area contributed by atoms with Crippen molar-refractivity contribution in [3.63, 3.8) is 0 Å². The molecule has 0 bridgehead atoms. The van der Waals surface area contributed by atoms with Gasteiger partial charge in [-0.05, 0) is 69.2 Å². The lowest BCUT2D eigenvalue weighted by Gasteiger charge is -2.29. The smallest absolute Gasteiger partial charge is 0.338 e. The number of nitrogens with zero attached hydrogens (tertiary/aromatic N) is 3. The van der Waals surface area contributed by atoms with E-state index >= 15 is 0 Å². The molecule has 0 spiro atoms.